The number of likely N-dealkylation sites (tertiary alicyclic amines) is 1. The highest BCUT2D eigenvalue weighted by atomic mass is 16.5. The summed E-state index contributed by atoms with van der Waals surface area (Å²) in [6, 6.07) is 8.32. The Labute approximate surface area is 319 Å². The van der Waals surface area contributed by atoms with E-state index in [4.69, 9.17) is 20.3 Å². The first kappa shape index (κ1) is 43.8. The Hall–Kier alpha value is -5.58. The van der Waals surface area contributed by atoms with Crippen molar-refractivity contribution in [3.63, 3.8) is 0 Å². The largest absolute Gasteiger partial charge is 0.480 e. The van der Waals surface area contributed by atoms with E-state index in [0.717, 1.165) is 21.2 Å². The summed E-state index contributed by atoms with van der Waals surface area (Å²) < 4.78 is 10.6. The third-order valence-electron chi connectivity index (χ3n) is 8.82. The number of carbonyl (C=O) groups is 8. The Morgan fingerprint density at radius 3 is 2.24 bits per heavy atom. The van der Waals surface area contributed by atoms with Gasteiger partial charge in [0, 0.05) is 19.4 Å². The lowest BCUT2D eigenvalue weighted by molar-refractivity contribution is -0.144. The SMILES string of the molecule is CCCC(NC(=O)[C@@H]1C[C@@H](OCC(=O)O)CN1C(=O)C(NC(=O)OCC(C)C)C(C)C)C(=O)C(=O)NCC(=O)NC(Cc1ccc2ccccc2c1)C(N)=O. The fraction of sp³-hybridized carbons (Fsp3) is 0.526. The summed E-state index contributed by atoms with van der Waals surface area (Å²) in [5.41, 5.74) is 6.28. The smallest absolute Gasteiger partial charge is 0.407 e. The molecule has 6 amide bonds. The van der Waals surface area contributed by atoms with Gasteiger partial charge in [-0.15, -0.1) is 0 Å². The summed E-state index contributed by atoms with van der Waals surface area (Å²) in [6.45, 7) is 7.33. The number of nitrogens with zero attached hydrogens (tertiary/aromatic N) is 1. The predicted molar refractivity (Wildman–Crippen MR) is 199 cm³/mol. The maximum atomic E-state index is 13.8. The second kappa shape index (κ2) is 20.8. The molecule has 1 fully saturated rings. The van der Waals surface area contributed by atoms with Crippen LogP contribution in [0, 0.1) is 11.8 Å². The summed E-state index contributed by atoms with van der Waals surface area (Å²) in [5, 5.41) is 20.8. The molecule has 3 rings (SSSR count). The summed E-state index contributed by atoms with van der Waals surface area (Å²) in [4.78, 5) is 104. The van der Waals surface area contributed by atoms with E-state index >= 15 is 0 Å². The van der Waals surface area contributed by atoms with Gasteiger partial charge in [-0.2, -0.15) is 0 Å². The summed E-state index contributed by atoms with van der Waals surface area (Å²) in [6.07, 6.45) is -1.37. The highest BCUT2D eigenvalue weighted by Gasteiger charge is 2.44. The monoisotopic (exact) mass is 768 g/mol. The maximum absolute atomic E-state index is 13.8. The van der Waals surface area contributed by atoms with Crippen molar-refractivity contribution in [3.8, 4) is 0 Å². The lowest BCUT2D eigenvalue weighted by Gasteiger charge is -2.31. The van der Waals surface area contributed by atoms with Gasteiger partial charge >= 0.3 is 12.1 Å². The third kappa shape index (κ3) is 13.3. The number of rotatable bonds is 20. The van der Waals surface area contributed by atoms with Gasteiger partial charge in [-0.3, -0.25) is 28.8 Å². The van der Waals surface area contributed by atoms with Crippen molar-refractivity contribution in [1.29, 1.82) is 0 Å². The number of aliphatic carboxylic acids is 1. The van der Waals surface area contributed by atoms with Crippen molar-refractivity contribution >= 4 is 58.2 Å². The minimum absolute atomic E-state index is 0.0250. The molecule has 0 bridgehead atoms. The van der Waals surface area contributed by atoms with E-state index in [9.17, 15) is 38.4 Å². The number of benzene rings is 2. The van der Waals surface area contributed by atoms with Crippen LogP contribution < -0.4 is 27.0 Å². The van der Waals surface area contributed by atoms with Crippen LogP contribution in [-0.2, 0) is 49.5 Å². The molecule has 0 aromatic heterocycles. The average Bonchev–Trinajstić information content (AvgIpc) is 3.57. The number of alkyl carbamates (subject to hydrolysis) is 1. The molecule has 0 radical (unpaired) electrons. The number of carboxylic acid groups (broad SMARTS) is 1. The summed E-state index contributed by atoms with van der Waals surface area (Å²) >= 11 is 0. The van der Waals surface area contributed by atoms with Gasteiger partial charge < -0.3 is 46.5 Å². The molecule has 300 valence electrons. The fourth-order valence-corrected chi connectivity index (χ4v) is 6.00. The van der Waals surface area contributed by atoms with Crippen LogP contribution in [0.5, 0.6) is 0 Å². The Bertz CT molecular complexity index is 1730. The number of hydrogen-bond donors (Lipinski definition) is 6. The number of nitrogens with two attached hydrogens (primary N) is 1. The van der Waals surface area contributed by atoms with Gasteiger partial charge in [0.1, 0.15) is 24.7 Å². The number of ketones is 1. The molecule has 3 unspecified atom stereocenters. The number of amides is 6. The van der Waals surface area contributed by atoms with E-state index < -0.39 is 96.7 Å². The Kier molecular flexibility index (Phi) is 16.5. The van der Waals surface area contributed by atoms with Crippen LogP contribution in [0.1, 0.15) is 59.4 Å². The number of ether oxygens (including phenoxy) is 2. The molecule has 1 heterocycles. The van der Waals surface area contributed by atoms with Gasteiger partial charge in [-0.25, -0.2) is 9.59 Å². The molecular weight excluding hydrogens is 716 g/mol. The van der Waals surface area contributed by atoms with Crippen LogP contribution >= 0.6 is 0 Å². The van der Waals surface area contributed by atoms with E-state index in [0.29, 0.717) is 6.42 Å². The van der Waals surface area contributed by atoms with Crippen LogP contribution in [0.15, 0.2) is 42.5 Å². The zero-order valence-corrected chi connectivity index (χ0v) is 31.8. The van der Waals surface area contributed by atoms with Crippen molar-refractivity contribution in [1.82, 2.24) is 26.2 Å². The first-order valence-corrected chi connectivity index (χ1v) is 18.3. The van der Waals surface area contributed by atoms with Gasteiger partial charge in [0.25, 0.3) is 5.91 Å². The number of nitrogens with one attached hydrogen (secondary N) is 4. The molecule has 1 aliphatic rings. The number of fused-ring (bicyclic) bond motifs is 1. The second-order valence-corrected chi connectivity index (χ2v) is 14.2. The zero-order chi connectivity index (χ0) is 40.8. The van der Waals surface area contributed by atoms with E-state index in [2.05, 4.69) is 21.3 Å². The molecule has 1 aliphatic heterocycles. The Morgan fingerprint density at radius 2 is 1.62 bits per heavy atom. The minimum Gasteiger partial charge on any atom is -0.480 e. The predicted octanol–water partition coefficient (Wildman–Crippen LogP) is 0.800. The van der Waals surface area contributed by atoms with Crippen molar-refractivity contribution < 1.29 is 52.9 Å². The average molecular weight is 769 g/mol. The van der Waals surface area contributed by atoms with E-state index in [-0.39, 0.29) is 38.3 Å². The van der Waals surface area contributed by atoms with Gasteiger partial charge in [-0.1, -0.05) is 83.5 Å². The van der Waals surface area contributed by atoms with Crippen LogP contribution in [0.3, 0.4) is 0 Å². The molecule has 2 aromatic carbocycles. The second-order valence-electron chi connectivity index (χ2n) is 14.2. The number of hydrogen-bond acceptors (Lipinski definition) is 10. The quantitative estimate of drug-likeness (QED) is 0.103. The number of primary amides is 1. The van der Waals surface area contributed by atoms with Crippen molar-refractivity contribution in [2.24, 2.45) is 17.6 Å². The van der Waals surface area contributed by atoms with Gasteiger partial charge in [0.2, 0.25) is 29.4 Å². The van der Waals surface area contributed by atoms with E-state index in [1.807, 2.05) is 50.2 Å². The molecule has 17 heteroatoms. The molecule has 2 aromatic rings. The molecule has 0 saturated carbocycles. The highest BCUT2D eigenvalue weighted by molar-refractivity contribution is 6.38. The number of carboxylic acids is 1. The Morgan fingerprint density at radius 1 is 0.927 bits per heavy atom. The maximum Gasteiger partial charge on any atom is 0.407 e. The number of carbonyl (C=O) groups excluding carboxylic acids is 7. The van der Waals surface area contributed by atoms with E-state index in [1.54, 1.807) is 26.8 Å². The van der Waals surface area contributed by atoms with Crippen LogP contribution in [0.2, 0.25) is 0 Å². The summed E-state index contributed by atoms with van der Waals surface area (Å²) in [7, 11) is 0. The van der Waals surface area contributed by atoms with Crippen molar-refractivity contribution in [2.75, 3.05) is 26.3 Å². The Balaban J connectivity index is 1.67. The zero-order valence-electron chi connectivity index (χ0n) is 31.8. The normalized spacial score (nSPS) is 16.9. The lowest BCUT2D eigenvalue weighted by atomic mass is 10.0. The highest BCUT2D eigenvalue weighted by Crippen LogP contribution is 2.24. The lowest BCUT2D eigenvalue weighted by Crippen LogP contribution is -2.57. The topological polar surface area (TPSA) is 253 Å². The molecule has 0 aliphatic carbocycles. The summed E-state index contributed by atoms with van der Waals surface area (Å²) in [5.74, 6) is -6.96. The molecule has 7 N–H and O–H groups in total. The fourth-order valence-electron chi connectivity index (χ4n) is 6.00. The first-order chi connectivity index (χ1) is 26.0. The van der Waals surface area contributed by atoms with Crippen LogP contribution in [0.4, 0.5) is 4.79 Å². The standard InChI is InChI=1S/C38H52N6O11/c1-6-9-27(33(48)36(51)40-17-30(45)41-28(34(39)49)15-23-12-13-24-10-7-8-11-25(24)14-23)42-35(50)29-16-26(54-20-31(46)47)18-44(29)37(52)32(22(4)5)43-38(53)55-19-21(2)3/h7-8,10-14,21-22,26-29,32H,6,9,15-20H2,1-5H3,(H2,39,49)(H,40,51)(H,41,45)(H,42,50)(H,43,53)(H,46,47)/t26-,27?,28?,29+,32?/m1/s1. The minimum atomic E-state index is -1.35. The molecular formula is C38H52N6O11. The van der Waals surface area contributed by atoms with Gasteiger partial charge in [-0.05, 0) is 34.6 Å². The van der Waals surface area contributed by atoms with Crippen molar-refractivity contribution in [3.05, 3.63) is 48.0 Å². The van der Waals surface area contributed by atoms with Crippen LogP contribution in [-0.4, -0.2) is 114 Å². The molecule has 55 heavy (non-hydrogen) atoms. The molecule has 1 saturated heterocycles. The molecule has 5 atom stereocenters. The first-order valence-electron chi connectivity index (χ1n) is 18.3. The van der Waals surface area contributed by atoms with Crippen molar-refractivity contribution in [2.45, 2.75) is 90.6 Å². The van der Waals surface area contributed by atoms with E-state index in [1.165, 1.54) is 0 Å². The molecule has 0 spiro atoms. The molecule has 17 nitrogen and oxygen atoms in total. The van der Waals surface area contributed by atoms with Gasteiger partial charge in [0.15, 0.2) is 0 Å². The van der Waals surface area contributed by atoms with Crippen LogP contribution in [0.25, 0.3) is 10.8 Å². The van der Waals surface area contributed by atoms with Gasteiger partial charge in [0.05, 0.1) is 25.3 Å². The third-order valence-corrected chi connectivity index (χ3v) is 8.82. The number of Topliss-reactive ketones (excluding diaryl/α,β-unsaturated/α-hetero) is 1.